The van der Waals surface area contributed by atoms with Crippen LogP contribution in [0.25, 0.3) is 0 Å². The van der Waals surface area contributed by atoms with E-state index in [2.05, 4.69) is 51.9 Å². The summed E-state index contributed by atoms with van der Waals surface area (Å²) in [7, 11) is 0. The molecule has 0 aromatic carbocycles. The number of rotatable bonds is 8. The molecule has 0 aliphatic carbocycles. The summed E-state index contributed by atoms with van der Waals surface area (Å²) in [5, 5.41) is 18.1. The van der Waals surface area contributed by atoms with Gasteiger partial charge in [-0.2, -0.15) is 0 Å². The van der Waals surface area contributed by atoms with E-state index in [1.807, 2.05) is 6.92 Å². The standard InChI is InChI=1S/C18H32N4O2S/c1-4-19-18(20-10-14(2)13-23)21-11-16(17-6-5-9-25-17)22-7-8-24-15(3)12-22/h5-6,9,14-16,23H,4,7-8,10-13H2,1-3H3,(H2,19,20,21). The summed E-state index contributed by atoms with van der Waals surface area (Å²) in [6, 6.07) is 4.62. The van der Waals surface area contributed by atoms with Crippen LogP contribution in [-0.4, -0.2) is 68.0 Å². The molecule has 25 heavy (non-hydrogen) atoms. The third-order valence-electron chi connectivity index (χ3n) is 4.26. The number of nitrogens with zero attached hydrogens (tertiary/aromatic N) is 2. The molecule has 7 heteroatoms. The van der Waals surface area contributed by atoms with Crippen molar-refractivity contribution in [3.05, 3.63) is 22.4 Å². The van der Waals surface area contributed by atoms with E-state index in [9.17, 15) is 5.11 Å². The fourth-order valence-corrected chi connectivity index (χ4v) is 3.72. The van der Waals surface area contributed by atoms with Crippen LogP contribution in [-0.2, 0) is 4.74 Å². The number of hydrogen-bond acceptors (Lipinski definition) is 5. The van der Waals surface area contributed by atoms with E-state index >= 15 is 0 Å². The molecule has 2 heterocycles. The molecule has 1 aliphatic rings. The predicted octanol–water partition coefficient (Wildman–Crippen LogP) is 1.69. The molecule has 2 rings (SSSR count). The minimum Gasteiger partial charge on any atom is -0.396 e. The van der Waals surface area contributed by atoms with E-state index in [4.69, 9.17) is 4.74 Å². The van der Waals surface area contributed by atoms with Crippen LogP contribution in [0.3, 0.4) is 0 Å². The summed E-state index contributed by atoms with van der Waals surface area (Å²) in [6.07, 6.45) is 0.267. The topological polar surface area (TPSA) is 69.1 Å². The van der Waals surface area contributed by atoms with E-state index in [-0.39, 0.29) is 18.6 Å². The first kappa shape index (κ1) is 20.2. The van der Waals surface area contributed by atoms with Crippen LogP contribution in [0.4, 0.5) is 0 Å². The van der Waals surface area contributed by atoms with Crippen LogP contribution in [0.1, 0.15) is 31.7 Å². The molecule has 1 aromatic heterocycles. The Balaban J connectivity index is 2.02. The predicted molar refractivity (Wildman–Crippen MR) is 104 cm³/mol. The van der Waals surface area contributed by atoms with Crippen molar-refractivity contribution < 1.29 is 9.84 Å². The molecular weight excluding hydrogens is 336 g/mol. The number of guanidine groups is 1. The smallest absolute Gasteiger partial charge is 0.191 e. The number of hydrogen-bond donors (Lipinski definition) is 3. The highest BCUT2D eigenvalue weighted by molar-refractivity contribution is 7.10. The number of nitrogens with one attached hydrogen (secondary N) is 2. The maximum Gasteiger partial charge on any atom is 0.191 e. The number of thiophene rings is 1. The SMILES string of the molecule is CCNC(=NCC(C)CO)NCC(c1cccs1)N1CCOC(C)C1. The summed E-state index contributed by atoms with van der Waals surface area (Å²) < 4.78 is 5.70. The fraction of sp³-hybridized carbons (Fsp3) is 0.722. The van der Waals surface area contributed by atoms with Gasteiger partial charge in [-0.25, -0.2) is 0 Å². The van der Waals surface area contributed by atoms with E-state index in [1.54, 1.807) is 11.3 Å². The second-order valence-electron chi connectivity index (χ2n) is 6.60. The lowest BCUT2D eigenvalue weighted by molar-refractivity contribution is -0.0334. The average Bonchev–Trinajstić information content (AvgIpc) is 3.14. The third-order valence-corrected chi connectivity index (χ3v) is 5.24. The van der Waals surface area contributed by atoms with Crippen LogP contribution in [0, 0.1) is 5.92 Å². The molecular formula is C18H32N4O2S. The second-order valence-corrected chi connectivity index (χ2v) is 7.58. The van der Waals surface area contributed by atoms with Crippen LogP contribution >= 0.6 is 11.3 Å². The van der Waals surface area contributed by atoms with Crippen LogP contribution in [0.2, 0.25) is 0 Å². The molecule has 0 bridgehead atoms. The fourth-order valence-electron chi connectivity index (χ4n) is 2.86. The van der Waals surface area contributed by atoms with Crippen molar-refractivity contribution in [3.8, 4) is 0 Å². The van der Waals surface area contributed by atoms with Crippen molar-refractivity contribution in [2.75, 3.05) is 45.9 Å². The summed E-state index contributed by atoms with van der Waals surface area (Å²) in [4.78, 5) is 8.45. The highest BCUT2D eigenvalue weighted by Crippen LogP contribution is 2.26. The van der Waals surface area contributed by atoms with Gasteiger partial charge >= 0.3 is 0 Å². The van der Waals surface area contributed by atoms with Gasteiger partial charge in [-0.3, -0.25) is 9.89 Å². The first-order chi connectivity index (χ1) is 12.1. The molecule has 1 fully saturated rings. The Kier molecular flexibility index (Phi) is 8.67. The van der Waals surface area contributed by atoms with Gasteiger partial charge in [-0.15, -0.1) is 11.3 Å². The zero-order valence-electron chi connectivity index (χ0n) is 15.6. The molecule has 1 aromatic rings. The Hall–Kier alpha value is -1.15. The van der Waals surface area contributed by atoms with Crippen molar-refractivity contribution in [3.63, 3.8) is 0 Å². The first-order valence-electron chi connectivity index (χ1n) is 9.16. The number of aliphatic hydroxyl groups is 1. The van der Waals surface area contributed by atoms with Crippen molar-refractivity contribution in [2.45, 2.75) is 32.9 Å². The monoisotopic (exact) mass is 368 g/mol. The molecule has 142 valence electrons. The van der Waals surface area contributed by atoms with Gasteiger partial charge in [-0.1, -0.05) is 13.0 Å². The lowest BCUT2D eigenvalue weighted by atomic mass is 10.1. The zero-order valence-corrected chi connectivity index (χ0v) is 16.4. The first-order valence-corrected chi connectivity index (χ1v) is 10.0. The largest absolute Gasteiger partial charge is 0.396 e. The molecule has 1 aliphatic heterocycles. The van der Waals surface area contributed by atoms with E-state index in [0.29, 0.717) is 12.6 Å². The van der Waals surface area contributed by atoms with Gasteiger partial charge in [0.25, 0.3) is 0 Å². The second kappa shape index (κ2) is 10.8. The molecule has 0 spiro atoms. The highest BCUT2D eigenvalue weighted by atomic mass is 32.1. The van der Waals surface area contributed by atoms with Gasteiger partial charge in [0, 0.05) is 44.2 Å². The van der Waals surface area contributed by atoms with Gasteiger partial charge < -0.3 is 20.5 Å². The van der Waals surface area contributed by atoms with Gasteiger partial charge in [-0.05, 0) is 31.2 Å². The minimum atomic E-state index is 0.159. The maximum atomic E-state index is 9.19. The van der Waals surface area contributed by atoms with E-state index in [0.717, 1.165) is 38.7 Å². The Morgan fingerprint density at radius 1 is 1.52 bits per heavy atom. The molecule has 0 saturated carbocycles. The van der Waals surface area contributed by atoms with Crippen molar-refractivity contribution in [1.82, 2.24) is 15.5 Å². The molecule has 1 saturated heterocycles. The van der Waals surface area contributed by atoms with Gasteiger partial charge in [0.05, 0.1) is 18.8 Å². The molecule has 6 nitrogen and oxygen atoms in total. The number of aliphatic imine (C=N–C) groups is 1. The summed E-state index contributed by atoms with van der Waals surface area (Å²) in [5.41, 5.74) is 0. The minimum absolute atomic E-state index is 0.159. The summed E-state index contributed by atoms with van der Waals surface area (Å²) in [6.45, 7) is 11.3. The number of aliphatic hydroxyl groups excluding tert-OH is 1. The van der Waals surface area contributed by atoms with Gasteiger partial charge in [0.15, 0.2) is 5.96 Å². The average molecular weight is 369 g/mol. The summed E-state index contributed by atoms with van der Waals surface area (Å²) >= 11 is 1.80. The Bertz CT molecular complexity index is 509. The van der Waals surface area contributed by atoms with Gasteiger partial charge in [0.2, 0.25) is 0 Å². The number of morpholine rings is 1. The lowest BCUT2D eigenvalue weighted by Gasteiger charge is -2.37. The van der Waals surface area contributed by atoms with Crippen LogP contribution in [0.15, 0.2) is 22.5 Å². The molecule has 3 unspecified atom stereocenters. The zero-order chi connectivity index (χ0) is 18.1. The lowest BCUT2D eigenvalue weighted by Crippen LogP contribution is -2.48. The maximum absolute atomic E-state index is 9.19. The summed E-state index contributed by atoms with van der Waals surface area (Å²) in [5.74, 6) is 0.981. The van der Waals surface area contributed by atoms with E-state index < -0.39 is 0 Å². The van der Waals surface area contributed by atoms with Crippen LogP contribution < -0.4 is 10.6 Å². The van der Waals surface area contributed by atoms with Crippen molar-refractivity contribution in [2.24, 2.45) is 10.9 Å². The molecule has 3 atom stereocenters. The molecule has 0 radical (unpaired) electrons. The van der Waals surface area contributed by atoms with Crippen molar-refractivity contribution in [1.29, 1.82) is 0 Å². The van der Waals surface area contributed by atoms with Crippen molar-refractivity contribution >= 4 is 17.3 Å². The highest BCUT2D eigenvalue weighted by Gasteiger charge is 2.26. The quantitative estimate of drug-likeness (QED) is 0.481. The molecule has 0 amide bonds. The van der Waals surface area contributed by atoms with E-state index in [1.165, 1.54) is 4.88 Å². The normalized spacial score (nSPS) is 21.8. The molecule has 3 N–H and O–H groups in total. The number of ether oxygens (including phenoxy) is 1. The van der Waals surface area contributed by atoms with Gasteiger partial charge in [0.1, 0.15) is 0 Å². The Morgan fingerprint density at radius 2 is 2.36 bits per heavy atom. The third kappa shape index (κ3) is 6.58. The Labute approximate surface area is 155 Å². The van der Waals surface area contributed by atoms with Crippen LogP contribution in [0.5, 0.6) is 0 Å². The Morgan fingerprint density at radius 3 is 3.00 bits per heavy atom.